The van der Waals surface area contributed by atoms with Crippen molar-refractivity contribution in [2.45, 2.75) is 84.7 Å². The van der Waals surface area contributed by atoms with Gasteiger partial charge in [0.2, 0.25) is 5.91 Å². The van der Waals surface area contributed by atoms with Gasteiger partial charge in [-0.05, 0) is 33.6 Å². The van der Waals surface area contributed by atoms with Crippen LogP contribution in [-0.2, 0) is 4.79 Å². The first-order valence-corrected chi connectivity index (χ1v) is 7.43. The second-order valence-corrected chi connectivity index (χ2v) is 6.12. The third-order valence-electron chi connectivity index (χ3n) is 2.92. The summed E-state index contributed by atoms with van der Waals surface area (Å²) in [6, 6.07) is 0.372. The fourth-order valence-corrected chi connectivity index (χ4v) is 1.94. The Morgan fingerprint density at radius 3 is 2.28 bits per heavy atom. The first-order chi connectivity index (χ1) is 8.39. The summed E-state index contributed by atoms with van der Waals surface area (Å²) in [5.74, 6) is 0.182. The molecule has 0 radical (unpaired) electrons. The highest BCUT2D eigenvalue weighted by Gasteiger charge is 2.12. The Hall–Kier alpha value is -0.570. The third kappa shape index (κ3) is 10.6. The summed E-state index contributed by atoms with van der Waals surface area (Å²) in [7, 11) is 0. The molecule has 0 saturated carbocycles. The summed E-state index contributed by atoms with van der Waals surface area (Å²) < 4.78 is 0. The second-order valence-electron chi connectivity index (χ2n) is 6.12. The van der Waals surface area contributed by atoms with Crippen LogP contribution in [0.15, 0.2) is 0 Å². The van der Waals surface area contributed by atoms with Crippen LogP contribution in [0.2, 0.25) is 0 Å². The molecule has 1 atom stereocenters. The van der Waals surface area contributed by atoms with Crippen molar-refractivity contribution >= 4 is 5.91 Å². The third-order valence-corrected chi connectivity index (χ3v) is 2.92. The van der Waals surface area contributed by atoms with Crippen LogP contribution in [0, 0.1) is 0 Å². The molecule has 1 unspecified atom stereocenters. The zero-order chi connectivity index (χ0) is 14.0. The van der Waals surface area contributed by atoms with Gasteiger partial charge >= 0.3 is 0 Å². The number of hydrogen-bond donors (Lipinski definition) is 2. The molecule has 18 heavy (non-hydrogen) atoms. The van der Waals surface area contributed by atoms with Crippen LogP contribution in [0.1, 0.15) is 73.1 Å². The largest absolute Gasteiger partial charge is 0.353 e. The molecule has 3 heteroatoms. The quantitative estimate of drug-likeness (QED) is 0.665. The maximum absolute atomic E-state index is 11.8. The molecule has 0 fully saturated rings. The highest BCUT2D eigenvalue weighted by molar-refractivity contribution is 5.76. The monoisotopic (exact) mass is 256 g/mol. The second kappa shape index (κ2) is 9.37. The van der Waals surface area contributed by atoms with Crippen LogP contribution >= 0.6 is 0 Å². The lowest BCUT2D eigenvalue weighted by molar-refractivity contribution is -0.121. The predicted molar refractivity (Wildman–Crippen MR) is 78.7 cm³/mol. The van der Waals surface area contributed by atoms with Crippen molar-refractivity contribution in [3.63, 3.8) is 0 Å². The number of unbranched alkanes of at least 4 members (excludes halogenated alkanes) is 1. The van der Waals surface area contributed by atoms with Gasteiger partial charge in [0, 0.05) is 24.5 Å². The van der Waals surface area contributed by atoms with Gasteiger partial charge in [-0.15, -0.1) is 0 Å². The van der Waals surface area contributed by atoms with E-state index in [0.29, 0.717) is 12.5 Å². The van der Waals surface area contributed by atoms with Crippen molar-refractivity contribution in [1.82, 2.24) is 10.6 Å². The van der Waals surface area contributed by atoms with Crippen LogP contribution < -0.4 is 10.6 Å². The fraction of sp³-hybridized carbons (Fsp3) is 0.933. The standard InChI is InChI=1S/C15H32N2O/c1-6-8-10-13(9-7-2)17-14(18)11-12-16-15(3,4)5/h13,16H,6-12H2,1-5H3,(H,17,18). The first kappa shape index (κ1) is 17.4. The molecule has 0 aliphatic carbocycles. The maximum Gasteiger partial charge on any atom is 0.221 e. The van der Waals surface area contributed by atoms with Crippen molar-refractivity contribution in [3.8, 4) is 0 Å². The average molecular weight is 256 g/mol. The van der Waals surface area contributed by atoms with Crippen molar-refractivity contribution in [1.29, 1.82) is 0 Å². The minimum atomic E-state index is 0.0886. The van der Waals surface area contributed by atoms with Gasteiger partial charge in [-0.25, -0.2) is 0 Å². The number of amides is 1. The summed E-state index contributed by atoms with van der Waals surface area (Å²) in [6.45, 7) is 11.5. The first-order valence-electron chi connectivity index (χ1n) is 7.43. The summed E-state index contributed by atoms with van der Waals surface area (Å²) in [6.07, 6.45) is 6.31. The highest BCUT2D eigenvalue weighted by atomic mass is 16.1. The normalized spacial score (nSPS) is 13.4. The van der Waals surface area contributed by atoms with E-state index in [0.717, 1.165) is 25.8 Å². The smallest absolute Gasteiger partial charge is 0.221 e. The van der Waals surface area contributed by atoms with Gasteiger partial charge in [0.05, 0.1) is 0 Å². The number of carbonyl (C=O) groups excluding carboxylic acids is 1. The molecule has 1 amide bonds. The number of carbonyl (C=O) groups is 1. The van der Waals surface area contributed by atoms with E-state index in [-0.39, 0.29) is 11.4 Å². The SMILES string of the molecule is CCCCC(CCC)NC(=O)CCNC(C)(C)C. The van der Waals surface area contributed by atoms with E-state index < -0.39 is 0 Å². The van der Waals surface area contributed by atoms with Gasteiger partial charge in [-0.1, -0.05) is 33.1 Å². The van der Waals surface area contributed by atoms with Gasteiger partial charge < -0.3 is 10.6 Å². The zero-order valence-corrected chi connectivity index (χ0v) is 12.9. The summed E-state index contributed by atoms with van der Waals surface area (Å²) in [4.78, 5) is 11.8. The molecule has 0 aromatic carbocycles. The van der Waals surface area contributed by atoms with Crippen LogP contribution in [0.5, 0.6) is 0 Å². The van der Waals surface area contributed by atoms with Gasteiger partial charge in [-0.2, -0.15) is 0 Å². The van der Waals surface area contributed by atoms with Crippen molar-refractivity contribution in [2.24, 2.45) is 0 Å². The van der Waals surface area contributed by atoms with E-state index >= 15 is 0 Å². The Morgan fingerprint density at radius 1 is 1.11 bits per heavy atom. The van der Waals surface area contributed by atoms with E-state index in [2.05, 4.69) is 45.3 Å². The number of nitrogens with one attached hydrogen (secondary N) is 2. The molecule has 0 bridgehead atoms. The summed E-state index contributed by atoms with van der Waals surface area (Å²) >= 11 is 0. The average Bonchev–Trinajstić information content (AvgIpc) is 2.24. The molecule has 2 N–H and O–H groups in total. The van der Waals surface area contributed by atoms with Crippen LogP contribution in [0.3, 0.4) is 0 Å². The molecule has 0 aliphatic heterocycles. The van der Waals surface area contributed by atoms with Crippen LogP contribution in [0.4, 0.5) is 0 Å². The van der Waals surface area contributed by atoms with Gasteiger partial charge in [0.1, 0.15) is 0 Å². The van der Waals surface area contributed by atoms with Gasteiger partial charge in [-0.3, -0.25) is 4.79 Å². The predicted octanol–water partition coefficient (Wildman–Crippen LogP) is 3.24. The molecular weight excluding hydrogens is 224 g/mol. The minimum absolute atomic E-state index is 0.0886. The summed E-state index contributed by atoms with van der Waals surface area (Å²) in [5, 5.41) is 6.50. The number of rotatable bonds is 9. The Balaban J connectivity index is 3.86. The highest BCUT2D eigenvalue weighted by Crippen LogP contribution is 2.07. The molecule has 0 saturated heterocycles. The zero-order valence-electron chi connectivity index (χ0n) is 12.9. The molecule has 3 nitrogen and oxygen atoms in total. The molecule has 0 spiro atoms. The topological polar surface area (TPSA) is 41.1 Å². The molecule has 108 valence electrons. The lowest BCUT2D eigenvalue weighted by atomic mass is 10.0. The Bertz CT molecular complexity index is 221. The molecule has 0 aromatic rings. The van der Waals surface area contributed by atoms with Crippen LogP contribution in [-0.4, -0.2) is 24.0 Å². The van der Waals surface area contributed by atoms with Crippen molar-refractivity contribution < 1.29 is 4.79 Å². The van der Waals surface area contributed by atoms with Crippen LogP contribution in [0.25, 0.3) is 0 Å². The van der Waals surface area contributed by atoms with Crippen molar-refractivity contribution in [3.05, 3.63) is 0 Å². The molecule has 0 aliphatic rings. The molecule has 0 heterocycles. The van der Waals surface area contributed by atoms with Gasteiger partial charge in [0.25, 0.3) is 0 Å². The Labute approximate surface area is 113 Å². The Morgan fingerprint density at radius 2 is 1.78 bits per heavy atom. The van der Waals surface area contributed by atoms with E-state index in [4.69, 9.17) is 0 Å². The Kier molecular flexibility index (Phi) is 9.08. The molecule has 0 rings (SSSR count). The van der Waals surface area contributed by atoms with E-state index in [1.54, 1.807) is 0 Å². The van der Waals surface area contributed by atoms with E-state index in [1.807, 2.05) is 0 Å². The minimum Gasteiger partial charge on any atom is -0.353 e. The van der Waals surface area contributed by atoms with E-state index in [9.17, 15) is 4.79 Å². The molecular formula is C15H32N2O. The number of hydrogen-bond acceptors (Lipinski definition) is 2. The lowest BCUT2D eigenvalue weighted by Gasteiger charge is -2.21. The van der Waals surface area contributed by atoms with Crippen molar-refractivity contribution in [2.75, 3.05) is 6.54 Å². The molecule has 0 aromatic heterocycles. The lowest BCUT2D eigenvalue weighted by Crippen LogP contribution is -2.40. The van der Waals surface area contributed by atoms with Gasteiger partial charge in [0.15, 0.2) is 0 Å². The maximum atomic E-state index is 11.8. The summed E-state index contributed by atoms with van der Waals surface area (Å²) in [5.41, 5.74) is 0.0886. The fourth-order valence-electron chi connectivity index (χ4n) is 1.94. The van der Waals surface area contributed by atoms with E-state index in [1.165, 1.54) is 12.8 Å².